The molecule has 0 radical (unpaired) electrons. The average molecular weight is 268 g/mol. The summed E-state index contributed by atoms with van der Waals surface area (Å²) >= 11 is 0. The maximum atomic E-state index is 10.1. The number of rotatable bonds is 7. The Balaban J connectivity index is 2.44. The molecule has 110 valence electrons. The summed E-state index contributed by atoms with van der Waals surface area (Å²) in [7, 11) is 3.68. The average Bonchev–Trinajstić information content (AvgIpc) is 2.59. The van der Waals surface area contributed by atoms with Gasteiger partial charge in [-0.3, -0.25) is 4.68 Å². The topological polar surface area (TPSA) is 47.3 Å². The highest BCUT2D eigenvalue weighted by atomic mass is 16.5. The third-order valence-corrected chi connectivity index (χ3v) is 4.02. The Hall–Kier alpha value is -0.870. The number of nitrogens with zero attached hydrogens (tertiary/aromatic N) is 2. The van der Waals surface area contributed by atoms with Gasteiger partial charge in [-0.05, 0) is 58.9 Å². The van der Waals surface area contributed by atoms with Crippen molar-refractivity contribution < 1.29 is 9.84 Å². The molecular formula is C15H28N2O2. The van der Waals surface area contributed by atoms with E-state index >= 15 is 0 Å². The Morgan fingerprint density at radius 1 is 1.32 bits per heavy atom. The quantitative estimate of drug-likeness (QED) is 0.826. The largest absolute Gasteiger partial charge is 0.393 e. The lowest BCUT2D eigenvalue weighted by Gasteiger charge is -2.24. The zero-order chi connectivity index (χ0) is 14.6. The maximum absolute atomic E-state index is 10.1. The third-order valence-electron chi connectivity index (χ3n) is 4.02. The summed E-state index contributed by atoms with van der Waals surface area (Å²) in [6.45, 7) is 8.21. The van der Waals surface area contributed by atoms with Gasteiger partial charge in [0.2, 0.25) is 0 Å². The molecule has 0 amide bonds. The summed E-state index contributed by atoms with van der Waals surface area (Å²) in [6.07, 6.45) is 3.05. The van der Waals surface area contributed by atoms with Crippen LogP contribution in [0.4, 0.5) is 0 Å². The van der Waals surface area contributed by atoms with Crippen LogP contribution in [0.3, 0.4) is 0 Å². The zero-order valence-electron chi connectivity index (χ0n) is 13.2. The van der Waals surface area contributed by atoms with E-state index in [4.69, 9.17) is 4.74 Å². The van der Waals surface area contributed by atoms with Crippen LogP contribution in [0.15, 0.2) is 0 Å². The minimum Gasteiger partial charge on any atom is -0.393 e. The van der Waals surface area contributed by atoms with E-state index < -0.39 is 0 Å². The van der Waals surface area contributed by atoms with Gasteiger partial charge in [0.25, 0.3) is 0 Å². The van der Waals surface area contributed by atoms with Gasteiger partial charge in [-0.1, -0.05) is 0 Å². The number of methoxy groups -OCH3 is 1. The first-order valence-electron chi connectivity index (χ1n) is 6.99. The molecule has 1 aromatic heterocycles. The van der Waals surface area contributed by atoms with E-state index in [0.717, 1.165) is 31.4 Å². The number of ether oxygens (including phenoxy) is 1. The monoisotopic (exact) mass is 268 g/mol. The maximum Gasteiger partial charge on any atom is 0.0628 e. The second-order valence-electron chi connectivity index (χ2n) is 5.97. The second-order valence-corrected chi connectivity index (χ2v) is 5.97. The van der Waals surface area contributed by atoms with Crippen LogP contribution in [0.1, 0.15) is 50.1 Å². The number of hydrogen-bond acceptors (Lipinski definition) is 3. The summed E-state index contributed by atoms with van der Waals surface area (Å²) in [5.74, 6) is 0. The van der Waals surface area contributed by atoms with Gasteiger partial charge in [0.05, 0.1) is 17.4 Å². The van der Waals surface area contributed by atoms with Crippen molar-refractivity contribution in [2.45, 2.75) is 65.1 Å². The summed E-state index contributed by atoms with van der Waals surface area (Å²) in [5, 5.41) is 14.5. The Kier molecular flexibility index (Phi) is 5.56. The molecular weight excluding hydrogens is 240 g/mol. The standard InChI is InChI=1S/C15H28N2O2/c1-11-14(12(2)17(5)16-11)8-7-13(18)9-10-15(3,4)19-6/h13,18H,7-10H2,1-6H3. The fourth-order valence-electron chi connectivity index (χ4n) is 2.25. The van der Waals surface area contributed by atoms with Gasteiger partial charge in [-0.15, -0.1) is 0 Å². The first-order chi connectivity index (χ1) is 8.76. The molecule has 1 unspecified atom stereocenters. The van der Waals surface area contributed by atoms with E-state index in [9.17, 15) is 5.11 Å². The van der Waals surface area contributed by atoms with Crippen LogP contribution in [-0.2, 0) is 18.2 Å². The van der Waals surface area contributed by atoms with Crippen molar-refractivity contribution in [2.75, 3.05) is 7.11 Å². The highest BCUT2D eigenvalue weighted by Gasteiger charge is 2.19. The number of aliphatic hydroxyl groups is 1. The molecule has 1 rings (SSSR count). The van der Waals surface area contributed by atoms with E-state index in [-0.39, 0.29) is 11.7 Å². The van der Waals surface area contributed by atoms with E-state index in [2.05, 4.69) is 25.9 Å². The molecule has 4 heteroatoms. The van der Waals surface area contributed by atoms with Crippen LogP contribution in [0.2, 0.25) is 0 Å². The van der Waals surface area contributed by atoms with Crippen LogP contribution >= 0.6 is 0 Å². The van der Waals surface area contributed by atoms with Crippen LogP contribution < -0.4 is 0 Å². The van der Waals surface area contributed by atoms with Gasteiger partial charge in [-0.25, -0.2) is 0 Å². The first-order valence-corrected chi connectivity index (χ1v) is 6.99. The molecule has 19 heavy (non-hydrogen) atoms. The summed E-state index contributed by atoms with van der Waals surface area (Å²) < 4.78 is 7.28. The Morgan fingerprint density at radius 3 is 2.42 bits per heavy atom. The Labute approximate surface area is 116 Å². The lowest BCUT2D eigenvalue weighted by molar-refractivity contribution is 0.00230. The SMILES string of the molecule is COC(C)(C)CCC(O)CCc1c(C)nn(C)c1C. The predicted octanol–water partition coefficient (Wildman–Crippen LogP) is 2.54. The van der Waals surface area contributed by atoms with E-state index in [1.54, 1.807) is 7.11 Å². The Bertz CT molecular complexity index is 411. The zero-order valence-corrected chi connectivity index (χ0v) is 13.2. The summed E-state index contributed by atoms with van der Waals surface area (Å²) in [6, 6.07) is 0. The molecule has 1 aromatic rings. The summed E-state index contributed by atoms with van der Waals surface area (Å²) in [4.78, 5) is 0. The second kappa shape index (κ2) is 6.53. The third kappa shape index (κ3) is 4.62. The number of aromatic nitrogens is 2. The van der Waals surface area contributed by atoms with Gasteiger partial charge in [0.1, 0.15) is 0 Å². The molecule has 0 aliphatic carbocycles. The van der Waals surface area contributed by atoms with Gasteiger partial charge < -0.3 is 9.84 Å². The van der Waals surface area contributed by atoms with Gasteiger partial charge in [0.15, 0.2) is 0 Å². The smallest absolute Gasteiger partial charge is 0.0628 e. The lowest BCUT2D eigenvalue weighted by Crippen LogP contribution is -2.24. The molecule has 0 spiro atoms. The minimum atomic E-state index is -0.270. The van der Waals surface area contributed by atoms with Crippen molar-refractivity contribution >= 4 is 0 Å². The van der Waals surface area contributed by atoms with Crippen molar-refractivity contribution in [3.05, 3.63) is 17.0 Å². The van der Waals surface area contributed by atoms with Crippen molar-refractivity contribution in [3.8, 4) is 0 Å². The van der Waals surface area contributed by atoms with E-state index in [1.807, 2.05) is 18.7 Å². The van der Waals surface area contributed by atoms with Crippen molar-refractivity contribution in [2.24, 2.45) is 7.05 Å². The Morgan fingerprint density at radius 2 is 1.95 bits per heavy atom. The number of hydrogen-bond donors (Lipinski definition) is 1. The molecule has 1 N–H and O–H groups in total. The van der Waals surface area contributed by atoms with Gasteiger partial charge in [0, 0.05) is 19.9 Å². The van der Waals surface area contributed by atoms with Crippen LogP contribution in [0, 0.1) is 13.8 Å². The molecule has 0 fully saturated rings. The highest BCUT2D eigenvalue weighted by Crippen LogP contribution is 2.20. The molecule has 0 saturated heterocycles. The van der Waals surface area contributed by atoms with Crippen LogP contribution in [0.5, 0.6) is 0 Å². The molecule has 4 nitrogen and oxygen atoms in total. The number of aliphatic hydroxyl groups excluding tert-OH is 1. The fraction of sp³-hybridized carbons (Fsp3) is 0.800. The van der Waals surface area contributed by atoms with Crippen LogP contribution in [-0.4, -0.2) is 33.7 Å². The van der Waals surface area contributed by atoms with Crippen molar-refractivity contribution in [3.63, 3.8) is 0 Å². The van der Waals surface area contributed by atoms with Crippen molar-refractivity contribution in [1.82, 2.24) is 9.78 Å². The first kappa shape index (κ1) is 16.2. The molecule has 1 heterocycles. The molecule has 0 aromatic carbocycles. The molecule has 1 atom stereocenters. The molecule has 0 aliphatic rings. The lowest BCUT2D eigenvalue weighted by atomic mass is 9.96. The summed E-state index contributed by atoms with van der Waals surface area (Å²) in [5.41, 5.74) is 3.39. The van der Waals surface area contributed by atoms with Crippen LogP contribution in [0.25, 0.3) is 0 Å². The molecule has 0 aliphatic heterocycles. The predicted molar refractivity (Wildman–Crippen MR) is 77.3 cm³/mol. The van der Waals surface area contributed by atoms with Gasteiger partial charge >= 0.3 is 0 Å². The number of aryl methyl sites for hydroxylation is 2. The van der Waals surface area contributed by atoms with E-state index in [0.29, 0.717) is 0 Å². The normalized spacial score (nSPS) is 13.8. The minimum absolute atomic E-state index is 0.152. The highest BCUT2D eigenvalue weighted by molar-refractivity contribution is 5.24. The van der Waals surface area contributed by atoms with E-state index in [1.165, 1.54) is 11.3 Å². The van der Waals surface area contributed by atoms with Gasteiger partial charge in [-0.2, -0.15) is 5.10 Å². The fourth-order valence-corrected chi connectivity index (χ4v) is 2.25. The van der Waals surface area contributed by atoms with Crippen molar-refractivity contribution in [1.29, 1.82) is 0 Å². The molecule has 0 bridgehead atoms. The molecule has 0 saturated carbocycles.